The van der Waals surface area contributed by atoms with E-state index in [1.807, 2.05) is 48.5 Å². The topological polar surface area (TPSA) is 64.6 Å². The van der Waals surface area contributed by atoms with E-state index in [9.17, 15) is 0 Å². The molecule has 1 aliphatic carbocycles. The minimum Gasteiger partial charge on any atom is -0.496 e. The van der Waals surface area contributed by atoms with Gasteiger partial charge in [-0.2, -0.15) is 0 Å². The van der Waals surface area contributed by atoms with Gasteiger partial charge in [0.15, 0.2) is 0 Å². The van der Waals surface area contributed by atoms with Gasteiger partial charge in [-0.15, -0.1) is 0 Å². The minimum absolute atomic E-state index is 0.00648. The van der Waals surface area contributed by atoms with Crippen LogP contribution in [0.2, 0.25) is 0 Å². The Morgan fingerprint density at radius 2 is 1.45 bits per heavy atom. The lowest BCUT2D eigenvalue weighted by Gasteiger charge is -2.38. The molecule has 4 aromatic carbocycles. The lowest BCUT2D eigenvalue weighted by Crippen LogP contribution is -2.38. The second-order valence-electron chi connectivity index (χ2n) is 11.1. The number of benzene rings is 4. The summed E-state index contributed by atoms with van der Waals surface area (Å²) in [5, 5.41) is 2.25. The van der Waals surface area contributed by atoms with Crippen LogP contribution in [0.25, 0.3) is 10.8 Å². The van der Waals surface area contributed by atoms with Crippen LogP contribution in [0.3, 0.4) is 0 Å². The number of hydrogen-bond acceptors (Lipinski definition) is 7. The molecule has 4 aromatic rings. The van der Waals surface area contributed by atoms with E-state index in [-0.39, 0.29) is 24.9 Å². The Morgan fingerprint density at radius 3 is 2.25 bits per heavy atom. The fourth-order valence-corrected chi connectivity index (χ4v) is 6.01. The van der Waals surface area contributed by atoms with Crippen LogP contribution in [0, 0.1) is 0 Å². The van der Waals surface area contributed by atoms with Crippen molar-refractivity contribution in [3.05, 3.63) is 102 Å². The third-order valence-corrected chi connectivity index (χ3v) is 8.16. The summed E-state index contributed by atoms with van der Waals surface area (Å²) in [7, 11) is 5.05. The van der Waals surface area contributed by atoms with Gasteiger partial charge in [0.1, 0.15) is 24.0 Å². The molecule has 0 aromatic heterocycles. The summed E-state index contributed by atoms with van der Waals surface area (Å²) < 4.78 is 41.0. The Bertz CT molecular complexity index is 1440. The Morgan fingerprint density at radius 1 is 0.705 bits per heavy atom. The Labute approximate surface area is 260 Å². The van der Waals surface area contributed by atoms with Gasteiger partial charge in [-0.25, -0.2) is 0 Å². The van der Waals surface area contributed by atoms with Crippen LogP contribution in [0.15, 0.2) is 84.9 Å². The quantitative estimate of drug-likeness (QED) is 0.0965. The molecule has 0 heterocycles. The third kappa shape index (κ3) is 8.30. The molecule has 234 valence electrons. The van der Waals surface area contributed by atoms with Gasteiger partial charge in [0.25, 0.3) is 0 Å². The minimum atomic E-state index is 0.00648. The first-order chi connectivity index (χ1) is 21.7. The largest absolute Gasteiger partial charge is 0.496 e. The molecule has 0 radical (unpaired) electrons. The highest BCUT2D eigenvalue weighted by atomic mass is 16.7. The number of rotatable bonds is 16. The van der Waals surface area contributed by atoms with Crippen LogP contribution in [0.1, 0.15) is 48.3 Å². The van der Waals surface area contributed by atoms with Gasteiger partial charge in [-0.1, -0.05) is 54.6 Å². The zero-order chi connectivity index (χ0) is 30.6. The molecular formula is C37H44O7. The maximum atomic E-state index is 6.64. The smallest absolute Gasteiger partial charge is 0.146 e. The summed E-state index contributed by atoms with van der Waals surface area (Å²) in [5.74, 6) is 2.63. The van der Waals surface area contributed by atoms with Gasteiger partial charge in [0, 0.05) is 30.4 Å². The van der Waals surface area contributed by atoms with Crippen LogP contribution in [0.5, 0.6) is 17.2 Å². The Hall–Kier alpha value is -3.62. The van der Waals surface area contributed by atoms with Crippen molar-refractivity contribution in [1.29, 1.82) is 0 Å². The van der Waals surface area contributed by atoms with Crippen molar-refractivity contribution < 1.29 is 33.2 Å². The SMILES string of the molecule is COCO[C@@H]1CCC[C@H](OCc2cc(OC)c3ccccc3c2)[C@H]1c1ccc(OCCCOCc2ccccc2OC)cc1. The van der Waals surface area contributed by atoms with E-state index >= 15 is 0 Å². The molecule has 7 heteroatoms. The monoisotopic (exact) mass is 600 g/mol. The summed E-state index contributed by atoms with van der Waals surface area (Å²) in [6, 6.07) is 28.8. The van der Waals surface area contributed by atoms with E-state index in [2.05, 4.69) is 36.4 Å². The molecule has 1 fully saturated rings. The van der Waals surface area contributed by atoms with Gasteiger partial charge in [0.05, 0.1) is 52.9 Å². The van der Waals surface area contributed by atoms with Gasteiger partial charge in [0.2, 0.25) is 0 Å². The summed E-state index contributed by atoms with van der Waals surface area (Å²) in [6.07, 6.45) is 3.78. The molecule has 7 nitrogen and oxygen atoms in total. The second-order valence-corrected chi connectivity index (χ2v) is 11.1. The Balaban J connectivity index is 1.18. The average molecular weight is 601 g/mol. The molecule has 3 atom stereocenters. The lowest BCUT2D eigenvalue weighted by atomic mass is 9.79. The van der Waals surface area contributed by atoms with Crippen molar-refractivity contribution in [3.8, 4) is 17.2 Å². The van der Waals surface area contributed by atoms with Crippen molar-refractivity contribution in [2.75, 3.05) is 41.3 Å². The molecule has 44 heavy (non-hydrogen) atoms. The zero-order valence-electron chi connectivity index (χ0n) is 26.0. The molecular weight excluding hydrogens is 556 g/mol. The average Bonchev–Trinajstić information content (AvgIpc) is 3.08. The molecule has 0 unspecified atom stereocenters. The molecule has 1 aliphatic rings. The third-order valence-electron chi connectivity index (χ3n) is 8.16. The van der Waals surface area contributed by atoms with E-state index in [0.29, 0.717) is 26.4 Å². The lowest BCUT2D eigenvalue weighted by molar-refractivity contribution is -0.120. The maximum absolute atomic E-state index is 6.64. The highest BCUT2D eigenvalue weighted by molar-refractivity contribution is 5.89. The summed E-state index contributed by atoms with van der Waals surface area (Å²) in [4.78, 5) is 0. The first kappa shape index (κ1) is 31.8. The highest BCUT2D eigenvalue weighted by Gasteiger charge is 2.36. The van der Waals surface area contributed by atoms with E-state index in [0.717, 1.165) is 64.8 Å². The van der Waals surface area contributed by atoms with Crippen LogP contribution in [0.4, 0.5) is 0 Å². The summed E-state index contributed by atoms with van der Waals surface area (Å²) in [6.45, 7) is 2.47. The van der Waals surface area contributed by atoms with Gasteiger partial charge >= 0.3 is 0 Å². The number of ether oxygens (including phenoxy) is 7. The maximum Gasteiger partial charge on any atom is 0.146 e. The zero-order valence-corrected chi connectivity index (χ0v) is 26.0. The first-order valence-corrected chi connectivity index (χ1v) is 15.4. The van der Waals surface area contributed by atoms with Crippen molar-refractivity contribution in [3.63, 3.8) is 0 Å². The molecule has 0 N–H and O–H groups in total. The van der Waals surface area contributed by atoms with E-state index in [4.69, 9.17) is 33.2 Å². The van der Waals surface area contributed by atoms with E-state index in [1.54, 1.807) is 21.3 Å². The van der Waals surface area contributed by atoms with Gasteiger partial charge < -0.3 is 33.2 Å². The predicted molar refractivity (Wildman–Crippen MR) is 172 cm³/mol. The van der Waals surface area contributed by atoms with Crippen molar-refractivity contribution >= 4 is 10.8 Å². The number of methoxy groups -OCH3 is 3. The van der Waals surface area contributed by atoms with Crippen molar-refractivity contribution in [2.24, 2.45) is 0 Å². The van der Waals surface area contributed by atoms with Gasteiger partial charge in [-0.3, -0.25) is 0 Å². The summed E-state index contributed by atoms with van der Waals surface area (Å²) in [5.41, 5.74) is 3.32. The fraction of sp³-hybridized carbons (Fsp3) is 0.405. The number of hydrogen-bond donors (Lipinski definition) is 0. The fourth-order valence-electron chi connectivity index (χ4n) is 6.01. The molecule has 0 saturated heterocycles. The molecule has 0 spiro atoms. The molecule has 5 rings (SSSR count). The Kier molecular flexibility index (Phi) is 11.9. The normalized spacial score (nSPS) is 18.3. The van der Waals surface area contributed by atoms with Crippen molar-refractivity contribution in [2.45, 2.75) is 57.0 Å². The number of fused-ring (bicyclic) bond motifs is 1. The van der Waals surface area contributed by atoms with Crippen LogP contribution in [-0.2, 0) is 32.2 Å². The molecule has 0 amide bonds. The standard InChI is InChI=1S/C37H44O7/c1-38-26-44-35-15-8-14-34(43-24-27-22-29-10-4-6-12-32(29)36(23-27)40-3)37(35)28-16-18-31(19-17-28)42-21-9-20-41-25-30-11-5-7-13-33(30)39-2/h4-7,10-13,16-19,22-23,34-35,37H,8-9,14-15,20-21,24-26H2,1-3H3/t34-,35+,37+/m0/s1. The molecule has 0 aliphatic heterocycles. The van der Waals surface area contributed by atoms with E-state index in [1.165, 1.54) is 5.56 Å². The first-order valence-electron chi connectivity index (χ1n) is 15.4. The van der Waals surface area contributed by atoms with Crippen LogP contribution >= 0.6 is 0 Å². The second kappa shape index (κ2) is 16.5. The highest BCUT2D eigenvalue weighted by Crippen LogP contribution is 2.39. The summed E-state index contributed by atoms with van der Waals surface area (Å²) >= 11 is 0. The van der Waals surface area contributed by atoms with Crippen LogP contribution < -0.4 is 14.2 Å². The van der Waals surface area contributed by atoms with Gasteiger partial charge in [-0.05, 0) is 66.1 Å². The number of para-hydroxylation sites is 1. The molecule has 0 bridgehead atoms. The van der Waals surface area contributed by atoms with Crippen molar-refractivity contribution in [1.82, 2.24) is 0 Å². The van der Waals surface area contributed by atoms with Crippen LogP contribution in [-0.4, -0.2) is 53.5 Å². The van der Waals surface area contributed by atoms with E-state index < -0.39 is 0 Å². The molecule has 1 saturated carbocycles. The predicted octanol–water partition coefficient (Wildman–Crippen LogP) is 7.68.